The van der Waals surface area contributed by atoms with Crippen LogP contribution in [0.15, 0.2) is 18.2 Å². The fourth-order valence-corrected chi connectivity index (χ4v) is 6.14. The normalized spacial score (nSPS) is 27.1. The van der Waals surface area contributed by atoms with Crippen molar-refractivity contribution in [1.82, 2.24) is 4.90 Å². The molecule has 204 valence electrons. The van der Waals surface area contributed by atoms with Crippen LogP contribution in [0.3, 0.4) is 0 Å². The van der Waals surface area contributed by atoms with Gasteiger partial charge >= 0.3 is 0 Å². The number of methoxy groups -OCH3 is 1. The number of hydrogen-bond donors (Lipinski definition) is 2. The van der Waals surface area contributed by atoms with Crippen molar-refractivity contribution < 1.29 is 27.8 Å². The minimum absolute atomic E-state index is 0.0460. The molecular weight excluding hydrogens is 493 g/mol. The van der Waals surface area contributed by atoms with Crippen LogP contribution in [0.1, 0.15) is 63.4 Å². The van der Waals surface area contributed by atoms with E-state index in [1.54, 1.807) is 24.1 Å². The molecule has 0 radical (unpaired) electrons. The van der Waals surface area contributed by atoms with E-state index in [0.29, 0.717) is 51.8 Å². The first-order chi connectivity index (χ1) is 17.2. The lowest BCUT2D eigenvalue weighted by Crippen LogP contribution is -2.49. The molecule has 1 aromatic carbocycles. The van der Waals surface area contributed by atoms with Crippen molar-refractivity contribution in [2.45, 2.75) is 75.7 Å². The molecule has 2 aliphatic rings. The average molecular weight is 533 g/mol. The molecule has 5 nitrogen and oxygen atoms in total. The molecule has 9 heteroatoms. The van der Waals surface area contributed by atoms with E-state index in [9.17, 15) is 18.7 Å². The number of piperidine rings is 1. The van der Waals surface area contributed by atoms with Gasteiger partial charge in [0.05, 0.1) is 10.6 Å². The van der Waals surface area contributed by atoms with Crippen LogP contribution >= 0.6 is 11.6 Å². The van der Waals surface area contributed by atoms with Crippen molar-refractivity contribution in [1.29, 1.82) is 0 Å². The van der Waals surface area contributed by atoms with Gasteiger partial charge in [0.25, 0.3) is 0 Å². The first kappa shape index (κ1) is 29.2. The predicted octanol–water partition coefficient (Wildman–Crippen LogP) is 5.16. The van der Waals surface area contributed by atoms with E-state index in [0.717, 1.165) is 6.42 Å². The molecule has 1 aliphatic carbocycles. The van der Waals surface area contributed by atoms with Crippen LogP contribution in [0.4, 0.5) is 13.2 Å². The van der Waals surface area contributed by atoms with Crippen LogP contribution in [-0.2, 0) is 15.1 Å². The Bertz CT molecular complexity index is 854. The Morgan fingerprint density at radius 2 is 2.03 bits per heavy atom. The summed E-state index contributed by atoms with van der Waals surface area (Å²) in [5.41, 5.74) is 4.60. The molecule has 0 spiro atoms. The van der Waals surface area contributed by atoms with Gasteiger partial charge in [-0.1, -0.05) is 23.7 Å². The quantitative estimate of drug-likeness (QED) is 0.364. The molecule has 3 rings (SSSR count). The number of unbranched alkanes of at least 4 members (excludes halogenated alkanes) is 1. The molecule has 3 N–H and O–H groups in total. The number of rotatable bonds is 12. The van der Waals surface area contributed by atoms with Gasteiger partial charge in [0.1, 0.15) is 18.2 Å². The summed E-state index contributed by atoms with van der Waals surface area (Å²) in [6.45, 7) is 1.65. The van der Waals surface area contributed by atoms with E-state index in [1.165, 1.54) is 6.07 Å². The van der Waals surface area contributed by atoms with Crippen molar-refractivity contribution in [3.63, 3.8) is 0 Å². The van der Waals surface area contributed by atoms with Gasteiger partial charge < -0.3 is 20.5 Å². The van der Waals surface area contributed by atoms with Crippen molar-refractivity contribution in [3.8, 4) is 0 Å². The van der Waals surface area contributed by atoms with E-state index < -0.39 is 23.8 Å². The molecular formula is C27H40ClF3N2O3. The Hall–Kier alpha value is -1.35. The van der Waals surface area contributed by atoms with Gasteiger partial charge in [-0.15, -0.1) is 0 Å². The lowest BCUT2D eigenvalue weighted by atomic mass is 9.73. The summed E-state index contributed by atoms with van der Waals surface area (Å²) in [6.07, 6.45) is 1.22. The maximum absolute atomic E-state index is 15.1. The molecule has 2 fully saturated rings. The number of amides is 1. The number of nitrogens with two attached hydrogens (primary N) is 1. The van der Waals surface area contributed by atoms with Gasteiger partial charge in [-0.05, 0) is 75.8 Å². The number of likely N-dealkylation sites (tertiary alicyclic amines) is 1. The van der Waals surface area contributed by atoms with Crippen molar-refractivity contribution in [2.75, 3.05) is 33.4 Å². The molecule has 6 atom stereocenters. The number of hydrogen-bond acceptors (Lipinski definition) is 4. The van der Waals surface area contributed by atoms with Gasteiger partial charge in [-0.25, -0.2) is 13.2 Å². The Balaban J connectivity index is 1.70. The minimum Gasteiger partial charge on any atom is -0.385 e. The summed E-state index contributed by atoms with van der Waals surface area (Å²) in [6, 6.07) is 4.65. The zero-order valence-corrected chi connectivity index (χ0v) is 21.9. The van der Waals surface area contributed by atoms with E-state index in [4.69, 9.17) is 22.1 Å². The van der Waals surface area contributed by atoms with Gasteiger partial charge in [0, 0.05) is 44.7 Å². The molecule has 1 heterocycles. The molecule has 1 aliphatic heterocycles. The topological polar surface area (TPSA) is 75.8 Å². The summed E-state index contributed by atoms with van der Waals surface area (Å²) in [5, 5.41) is 11.9. The highest BCUT2D eigenvalue weighted by atomic mass is 35.5. The molecule has 36 heavy (non-hydrogen) atoms. The van der Waals surface area contributed by atoms with Crippen molar-refractivity contribution in [3.05, 3.63) is 34.6 Å². The summed E-state index contributed by atoms with van der Waals surface area (Å²) in [7, 11) is 1.61. The number of ether oxygens (including phenoxy) is 1. The number of nitrogens with zero attached hydrogens (tertiary/aromatic N) is 1. The second-order valence-corrected chi connectivity index (χ2v) is 11.0. The van der Waals surface area contributed by atoms with Crippen LogP contribution < -0.4 is 5.73 Å². The van der Waals surface area contributed by atoms with Gasteiger partial charge in [-0.2, -0.15) is 0 Å². The Morgan fingerprint density at radius 1 is 1.31 bits per heavy atom. The molecule has 1 saturated carbocycles. The van der Waals surface area contributed by atoms with Crippen molar-refractivity contribution >= 4 is 17.5 Å². The van der Waals surface area contributed by atoms with Crippen LogP contribution in [0.2, 0.25) is 5.02 Å². The summed E-state index contributed by atoms with van der Waals surface area (Å²) < 4.78 is 47.4. The highest BCUT2D eigenvalue weighted by Crippen LogP contribution is 2.42. The zero-order valence-electron chi connectivity index (χ0n) is 21.1. The third kappa shape index (κ3) is 7.15. The van der Waals surface area contributed by atoms with E-state index >= 15 is 4.39 Å². The number of carbonyl (C=O) groups is 1. The van der Waals surface area contributed by atoms with Crippen LogP contribution in [-0.4, -0.2) is 61.6 Å². The summed E-state index contributed by atoms with van der Waals surface area (Å²) in [4.78, 5) is 15.0. The first-order valence-corrected chi connectivity index (χ1v) is 13.5. The number of halogens is 4. The molecule has 0 aromatic heterocycles. The summed E-state index contributed by atoms with van der Waals surface area (Å²) in [5.74, 6) is -1.34. The average Bonchev–Trinajstić information content (AvgIpc) is 3.19. The smallest absolute Gasteiger partial charge is 0.222 e. The second-order valence-electron chi connectivity index (χ2n) is 10.6. The SMILES string of the molecule is COCCCC[C@@](O)(c1cccc(Cl)c1F)[C@@H]1CCCN(C(=O)C[C@H](CN)CC2C[C@@H](F)[C@@H](F)C2)C1. The number of alkyl halides is 2. The number of benzene rings is 1. The van der Waals surface area contributed by atoms with E-state index in [1.807, 2.05) is 0 Å². The second kappa shape index (κ2) is 13.4. The third-order valence-electron chi connectivity index (χ3n) is 8.00. The van der Waals surface area contributed by atoms with Crippen LogP contribution in [0.25, 0.3) is 0 Å². The largest absolute Gasteiger partial charge is 0.385 e. The van der Waals surface area contributed by atoms with Crippen LogP contribution in [0, 0.1) is 23.6 Å². The van der Waals surface area contributed by atoms with Gasteiger partial charge in [0.2, 0.25) is 5.91 Å². The molecule has 1 saturated heterocycles. The maximum atomic E-state index is 15.1. The van der Waals surface area contributed by atoms with Crippen LogP contribution in [0.5, 0.6) is 0 Å². The lowest BCUT2D eigenvalue weighted by Gasteiger charge is -2.43. The zero-order chi connectivity index (χ0) is 26.3. The van der Waals surface area contributed by atoms with Gasteiger partial charge in [0.15, 0.2) is 0 Å². The first-order valence-electron chi connectivity index (χ1n) is 13.1. The van der Waals surface area contributed by atoms with Crippen molar-refractivity contribution in [2.24, 2.45) is 23.5 Å². The maximum Gasteiger partial charge on any atom is 0.222 e. The fourth-order valence-electron chi connectivity index (χ4n) is 5.96. The number of carbonyl (C=O) groups excluding carboxylic acids is 1. The molecule has 0 bridgehead atoms. The Labute approximate surface area is 217 Å². The predicted molar refractivity (Wildman–Crippen MR) is 135 cm³/mol. The lowest BCUT2D eigenvalue weighted by molar-refractivity contribution is -0.138. The molecule has 1 unspecified atom stereocenters. The Kier molecular flexibility index (Phi) is 10.9. The third-order valence-corrected chi connectivity index (χ3v) is 8.29. The number of aliphatic hydroxyl groups is 1. The van der Waals surface area contributed by atoms with E-state index in [2.05, 4.69) is 0 Å². The van der Waals surface area contributed by atoms with Gasteiger partial charge in [-0.3, -0.25) is 4.79 Å². The summed E-state index contributed by atoms with van der Waals surface area (Å²) >= 11 is 6.05. The standard InChI is InChI=1S/C27H40ClF3N2O3/c1-36-11-3-2-9-27(35,21-7-4-8-22(28)26(21)31)20-6-5-10-33(17-20)25(34)15-19(16-32)12-18-13-23(29)24(30)14-18/h4,7-8,18-20,23-24,35H,2-3,5-6,9-17,32H2,1H3/t18?,19-,20-,23-,24+,27+/m1/s1. The monoisotopic (exact) mass is 532 g/mol. The highest BCUT2D eigenvalue weighted by molar-refractivity contribution is 6.30. The molecule has 1 amide bonds. The van der Waals surface area contributed by atoms with E-state index in [-0.39, 0.29) is 60.1 Å². The highest BCUT2D eigenvalue weighted by Gasteiger charge is 2.43. The molecule has 1 aromatic rings. The fraction of sp³-hybridized carbons (Fsp3) is 0.741. The Morgan fingerprint density at radius 3 is 2.69 bits per heavy atom. The minimum atomic E-state index is -1.48.